The van der Waals surface area contributed by atoms with E-state index in [1.54, 1.807) is 6.07 Å². The van der Waals surface area contributed by atoms with Gasteiger partial charge >= 0.3 is 0 Å². The first kappa shape index (κ1) is 22.6. The molecule has 5 atom stereocenters. The van der Waals surface area contributed by atoms with Gasteiger partial charge in [0, 0.05) is 39.1 Å². The van der Waals surface area contributed by atoms with E-state index >= 15 is 0 Å². The minimum absolute atomic E-state index is 0.226. The Bertz CT molecular complexity index is 1290. The number of nitrogens with zero attached hydrogens (tertiary/aromatic N) is 2. The van der Waals surface area contributed by atoms with Crippen molar-refractivity contribution in [2.24, 2.45) is 17.8 Å². The van der Waals surface area contributed by atoms with E-state index < -0.39 is 47.8 Å². The fourth-order valence-electron chi connectivity index (χ4n) is 6.36. The van der Waals surface area contributed by atoms with Crippen molar-refractivity contribution in [3.8, 4) is 0 Å². The van der Waals surface area contributed by atoms with Crippen LogP contribution in [-0.4, -0.2) is 41.9 Å². The minimum Gasteiger partial charge on any atom is -0.323 e. The number of amides is 3. The second-order valence-corrected chi connectivity index (χ2v) is 10.9. The smallest absolute Gasteiger partial charge is 0.250 e. The van der Waals surface area contributed by atoms with Gasteiger partial charge in [-0.3, -0.25) is 23.7 Å². The van der Waals surface area contributed by atoms with Crippen LogP contribution in [0.2, 0.25) is 20.1 Å². The lowest BCUT2D eigenvalue weighted by molar-refractivity contribution is -0.135. The van der Waals surface area contributed by atoms with Gasteiger partial charge < -0.3 is 5.32 Å². The number of nitrogens with one attached hydrogen (secondary N) is 1. The van der Waals surface area contributed by atoms with Crippen molar-refractivity contribution in [2.45, 2.75) is 18.0 Å². The number of hydrogen-bond acceptors (Lipinski definition) is 4. The van der Waals surface area contributed by atoms with Gasteiger partial charge in [-0.1, -0.05) is 46.4 Å². The Hall–Kier alpha value is -1.90. The summed E-state index contributed by atoms with van der Waals surface area (Å²) in [5.41, 5.74) is -0.526. The molecule has 11 heteroatoms. The highest BCUT2D eigenvalue weighted by Gasteiger charge is 2.75. The molecule has 176 valence electrons. The minimum atomic E-state index is -1.53. The van der Waals surface area contributed by atoms with Gasteiger partial charge in [-0.2, -0.15) is 0 Å². The first-order valence-electron chi connectivity index (χ1n) is 10.7. The predicted octanol–water partition coefficient (Wildman–Crippen LogP) is 4.93. The molecule has 0 bridgehead atoms. The van der Waals surface area contributed by atoms with E-state index in [4.69, 9.17) is 46.4 Å². The summed E-state index contributed by atoms with van der Waals surface area (Å²) in [6, 6.07) is 7.04. The largest absolute Gasteiger partial charge is 0.323 e. The molecular formula is C23H16Cl4FN3O3. The second-order valence-electron chi connectivity index (χ2n) is 9.15. The maximum absolute atomic E-state index is 14.0. The Morgan fingerprint density at radius 1 is 0.971 bits per heavy atom. The third-order valence-corrected chi connectivity index (χ3v) is 8.43. The quantitative estimate of drug-likeness (QED) is 0.546. The summed E-state index contributed by atoms with van der Waals surface area (Å²) in [6.07, 6.45) is 0.347. The molecule has 0 radical (unpaired) electrons. The fourth-order valence-corrected chi connectivity index (χ4v) is 7.42. The monoisotopic (exact) mass is 541 g/mol. The number of imide groups is 1. The molecule has 3 amide bonds. The van der Waals surface area contributed by atoms with Crippen molar-refractivity contribution in [1.29, 1.82) is 0 Å². The lowest BCUT2D eigenvalue weighted by atomic mass is 9.75. The van der Waals surface area contributed by atoms with E-state index in [1.165, 1.54) is 24.3 Å². The molecule has 6 rings (SSSR count). The van der Waals surface area contributed by atoms with Crippen LogP contribution in [0.5, 0.6) is 0 Å². The van der Waals surface area contributed by atoms with E-state index in [0.717, 1.165) is 4.90 Å². The molecule has 1 N–H and O–H groups in total. The van der Waals surface area contributed by atoms with Crippen LogP contribution in [-0.2, 0) is 19.9 Å². The SMILES string of the molecule is O=C1C2C3C[C@H](CF)CN3C3(C(=O)Nc4c(Cl)cc(Cl)cc43)C2C(=O)N1c1cc(Cl)cc(Cl)c1. The van der Waals surface area contributed by atoms with E-state index in [2.05, 4.69) is 5.32 Å². The van der Waals surface area contributed by atoms with E-state index in [9.17, 15) is 18.8 Å². The van der Waals surface area contributed by atoms with Gasteiger partial charge in [0.25, 0.3) is 5.91 Å². The Morgan fingerprint density at radius 2 is 1.65 bits per heavy atom. The number of hydrogen-bond donors (Lipinski definition) is 1. The molecule has 4 unspecified atom stereocenters. The van der Waals surface area contributed by atoms with Crippen LogP contribution in [0.15, 0.2) is 30.3 Å². The first-order chi connectivity index (χ1) is 16.2. The summed E-state index contributed by atoms with van der Waals surface area (Å²) in [6.45, 7) is -0.365. The molecule has 4 aliphatic rings. The summed E-state index contributed by atoms with van der Waals surface area (Å²) < 4.78 is 13.8. The molecule has 34 heavy (non-hydrogen) atoms. The lowest BCUT2D eigenvalue weighted by Crippen LogP contribution is -2.54. The molecule has 4 heterocycles. The van der Waals surface area contributed by atoms with E-state index in [-0.39, 0.29) is 38.2 Å². The van der Waals surface area contributed by atoms with E-state index in [0.29, 0.717) is 17.7 Å². The number of halogens is 5. The highest BCUT2D eigenvalue weighted by molar-refractivity contribution is 6.38. The average molecular weight is 543 g/mol. The molecule has 0 aliphatic carbocycles. The number of alkyl halides is 1. The van der Waals surface area contributed by atoms with Crippen LogP contribution in [0.4, 0.5) is 15.8 Å². The maximum atomic E-state index is 14.0. The van der Waals surface area contributed by atoms with Crippen LogP contribution in [0.3, 0.4) is 0 Å². The number of fused-ring (bicyclic) bond motifs is 7. The topological polar surface area (TPSA) is 69.7 Å². The summed E-state index contributed by atoms with van der Waals surface area (Å²) in [7, 11) is 0. The number of rotatable bonds is 2. The normalized spacial score (nSPS) is 31.9. The zero-order valence-corrected chi connectivity index (χ0v) is 20.4. The second kappa shape index (κ2) is 7.55. The van der Waals surface area contributed by atoms with Crippen molar-refractivity contribution >= 4 is 75.5 Å². The van der Waals surface area contributed by atoms with Crippen molar-refractivity contribution in [3.63, 3.8) is 0 Å². The van der Waals surface area contributed by atoms with Gasteiger partial charge in [0.15, 0.2) is 0 Å². The fraction of sp³-hybridized carbons (Fsp3) is 0.348. The highest BCUT2D eigenvalue weighted by atomic mass is 35.5. The van der Waals surface area contributed by atoms with Crippen LogP contribution in [0, 0.1) is 17.8 Å². The number of anilines is 2. The van der Waals surface area contributed by atoms with E-state index in [1.807, 2.05) is 4.90 Å². The number of benzene rings is 2. The summed E-state index contributed by atoms with van der Waals surface area (Å²) in [5, 5.41) is 3.84. The Morgan fingerprint density at radius 3 is 2.32 bits per heavy atom. The van der Waals surface area contributed by atoms with Crippen molar-refractivity contribution in [2.75, 3.05) is 23.4 Å². The van der Waals surface area contributed by atoms with Gasteiger partial charge in [0.2, 0.25) is 11.8 Å². The molecule has 1 spiro atoms. The van der Waals surface area contributed by atoms with Gasteiger partial charge in [0.1, 0.15) is 5.54 Å². The maximum Gasteiger partial charge on any atom is 0.250 e. The standard InChI is InChI=1S/C23H16Cl4FN3O3/c24-10-2-11(25)4-13(3-10)31-20(32)17-16-1-9(7-28)8-30(16)23(18(17)21(31)33)14-5-12(26)6-15(27)19(14)29-22(23)34/h2-6,9,16-18H,1,7-8H2,(H,29,34)/t9-,16?,17?,18?,23?/m1/s1. The van der Waals surface area contributed by atoms with Crippen molar-refractivity contribution < 1.29 is 18.8 Å². The first-order valence-corrected chi connectivity index (χ1v) is 12.2. The zero-order chi connectivity index (χ0) is 24.1. The van der Waals surface area contributed by atoms with Gasteiger partial charge in [-0.05, 0) is 36.8 Å². The molecule has 0 saturated carbocycles. The van der Waals surface area contributed by atoms with Crippen molar-refractivity contribution in [1.82, 2.24) is 4.90 Å². The van der Waals surface area contributed by atoms with Crippen molar-refractivity contribution in [3.05, 3.63) is 56.0 Å². The average Bonchev–Trinajstić information content (AvgIpc) is 3.44. The van der Waals surface area contributed by atoms with Crippen LogP contribution >= 0.6 is 46.4 Å². The molecule has 4 aliphatic heterocycles. The Kier molecular flexibility index (Phi) is 5.01. The zero-order valence-electron chi connectivity index (χ0n) is 17.3. The Labute approximate surface area is 213 Å². The molecule has 3 fully saturated rings. The summed E-state index contributed by atoms with van der Waals surface area (Å²) in [4.78, 5) is 44.3. The summed E-state index contributed by atoms with van der Waals surface area (Å²) >= 11 is 25.0. The number of carbonyl (C=O) groups excluding carboxylic acids is 3. The third kappa shape index (κ3) is 2.76. The molecular weight excluding hydrogens is 527 g/mol. The van der Waals surface area contributed by atoms with Crippen LogP contribution in [0.25, 0.3) is 0 Å². The van der Waals surface area contributed by atoms with Crippen LogP contribution < -0.4 is 10.2 Å². The Balaban J connectivity index is 1.58. The number of carbonyl (C=O) groups is 3. The van der Waals surface area contributed by atoms with Gasteiger partial charge in [-0.15, -0.1) is 0 Å². The highest BCUT2D eigenvalue weighted by Crippen LogP contribution is 2.62. The predicted molar refractivity (Wildman–Crippen MR) is 127 cm³/mol. The molecule has 2 aromatic rings. The third-order valence-electron chi connectivity index (χ3n) is 7.47. The van der Waals surface area contributed by atoms with Gasteiger partial charge in [-0.25, -0.2) is 4.90 Å². The lowest BCUT2D eigenvalue weighted by Gasteiger charge is -2.37. The van der Waals surface area contributed by atoms with Crippen LogP contribution in [0.1, 0.15) is 12.0 Å². The molecule has 0 aromatic heterocycles. The molecule has 3 saturated heterocycles. The van der Waals surface area contributed by atoms with Gasteiger partial charge in [0.05, 0.1) is 34.9 Å². The summed E-state index contributed by atoms with van der Waals surface area (Å²) in [5.74, 6) is -3.74. The molecule has 2 aromatic carbocycles. The molecule has 6 nitrogen and oxygen atoms in total.